The van der Waals surface area contributed by atoms with Crippen molar-refractivity contribution in [3.05, 3.63) is 75.9 Å². The molecule has 142 valence electrons. The summed E-state index contributed by atoms with van der Waals surface area (Å²) in [6.07, 6.45) is 7.49. The van der Waals surface area contributed by atoms with Gasteiger partial charge < -0.3 is 18.9 Å². The van der Waals surface area contributed by atoms with E-state index in [1.54, 1.807) is 32.4 Å². The predicted octanol–water partition coefficient (Wildman–Crippen LogP) is 4.29. The van der Waals surface area contributed by atoms with Gasteiger partial charge in [-0.3, -0.25) is 10.1 Å². The van der Waals surface area contributed by atoms with E-state index in [2.05, 4.69) is 0 Å². The molecule has 0 aliphatic carbocycles. The summed E-state index contributed by atoms with van der Waals surface area (Å²) in [5.74, 6) is 1.11. The van der Waals surface area contributed by atoms with Crippen molar-refractivity contribution in [1.82, 2.24) is 0 Å². The van der Waals surface area contributed by atoms with Gasteiger partial charge in [-0.05, 0) is 35.4 Å². The zero-order chi connectivity index (χ0) is 19.5. The van der Waals surface area contributed by atoms with Gasteiger partial charge in [0.15, 0.2) is 25.1 Å². The first-order valence-corrected chi connectivity index (χ1v) is 8.10. The van der Waals surface area contributed by atoms with Crippen LogP contribution in [0.15, 0.2) is 54.6 Å². The van der Waals surface area contributed by atoms with E-state index in [4.69, 9.17) is 18.9 Å². The third-order valence-electron chi connectivity index (χ3n) is 3.42. The number of benzene rings is 2. The summed E-state index contributed by atoms with van der Waals surface area (Å²) in [7, 11) is 3.09. The maximum absolute atomic E-state index is 10.6. The molecule has 0 saturated carbocycles. The second-order valence-corrected chi connectivity index (χ2v) is 5.37. The normalized spacial score (nSPS) is 11.2. The molecule has 0 N–H and O–H groups in total. The number of hydrogen-bond donors (Lipinski definition) is 0. The lowest BCUT2D eigenvalue weighted by Crippen LogP contribution is -2.04. The van der Waals surface area contributed by atoms with Crippen LogP contribution in [0, 0.1) is 10.1 Å². The quantitative estimate of drug-likeness (QED) is 0.268. The minimum Gasteiger partial charge on any atom is -0.464 e. The molecule has 0 saturated heterocycles. The number of ether oxygens (including phenoxy) is 4. The summed E-state index contributed by atoms with van der Waals surface area (Å²) < 4.78 is 20.8. The second kappa shape index (κ2) is 10.7. The average molecular weight is 371 g/mol. The number of nitro groups is 1. The van der Waals surface area contributed by atoms with Gasteiger partial charge >= 0.3 is 0 Å². The second-order valence-electron chi connectivity index (χ2n) is 5.37. The smallest absolute Gasteiger partial charge is 0.269 e. The van der Waals surface area contributed by atoms with Crippen molar-refractivity contribution in [3.63, 3.8) is 0 Å². The van der Waals surface area contributed by atoms with E-state index in [1.165, 1.54) is 12.1 Å². The number of non-ortho nitro benzene ring substituents is 1. The van der Waals surface area contributed by atoms with Gasteiger partial charge in [0.1, 0.15) is 0 Å². The van der Waals surface area contributed by atoms with Gasteiger partial charge in [-0.1, -0.05) is 30.4 Å². The molecule has 0 heterocycles. The Morgan fingerprint density at radius 1 is 0.852 bits per heavy atom. The molecule has 0 aliphatic heterocycles. The molecule has 2 aromatic rings. The highest BCUT2D eigenvalue weighted by atomic mass is 16.7. The molecule has 0 aromatic heterocycles. The van der Waals surface area contributed by atoms with Crippen molar-refractivity contribution >= 4 is 17.8 Å². The molecule has 27 heavy (non-hydrogen) atoms. The van der Waals surface area contributed by atoms with Crippen LogP contribution < -0.4 is 9.47 Å². The zero-order valence-electron chi connectivity index (χ0n) is 15.2. The van der Waals surface area contributed by atoms with Gasteiger partial charge in [0.05, 0.1) is 4.92 Å². The summed E-state index contributed by atoms with van der Waals surface area (Å²) in [6.45, 7) is 0.229. The van der Waals surface area contributed by atoms with E-state index in [0.717, 1.165) is 11.1 Å². The minimum atomic E-state index is -0.420. The lowest BCUT2D eigenvalue weighted by molar-refractivity contribution is -0.384. The maximum atomic E-state index is 10.6. The lowest BCUT2D eigenvalue weighted by Gasteiger charge is -2.12. The molecule has 0 bridgehead atoms. The number of methoxy groups -OCH3 is 2. The monoisotopic (exact) mass is 371 g/mol. The van der Waals surface area contributed by atoms with Crippen molar-refractivity contribution in [3.8, 4) is 11.5 Å². The number of allylic oxidation sites excluding steroid dienone is 2. The number of nitrogens with zero attached hydrogens (tertiary/aromatic N) is 1. The van der Waals surface area contributed by atoms with Crippen molar-refractivity contribution < 1.29 is 23.9 Å². The molecule has 0 aliphatic rings. The molecule has 0 radical (unpaired) electrons. The standard InChI is InChI=1S/C20H21NO6/c1-24-14-26-19-12-9-17(13-20(19)27-15-25-2)6-4-3-5-16-7-10-18(11-8-16)21(22)23/h3-13H,14-15H2,1-2H3/b5-3+,6-4+. The molecular weight excluding hydrogens is 350 g/mol. The van der Waals surface area contributed by atoms with Crippen LogP contribution in [0.5, 0.6) is 11.5 Å². The summed E-state index contributed by atoms with van der Waals surface area (Å²) in [5.41, 5.74) is 1.86. The van der Waals surface area contributed by atoms with Gasteiger partial charge in [0.2, 0.25) is 0 Å². The van der Waals surface area contributed by atoms with Gasteiger partial charge in [-0.15, -0.1) is 0 Å². The molecule has 0 amide bonds. The Hall–Kier alpha value is -3.16. The molecule has 2 aromatic carbocycles. The Morgan fingerprint density at radius 2 is 1.41 bits per heavy atom. The lowest BCUT2D eigenvalue weighted by atomic mass is 10.1. The highest BCUT2D eigenvalue weighted by Gasteiger charge is 2.06. The molecule has 7 heteroatoms. The Kier molecular flexibility index (Phi) is 8.02. The predicted molar refractivity (Wildman–Crippen MR) is 103 cm³/mol. The Morgan fingerprint density at radius 3 is 2.00 bits per heavy atom. The Balaban J connectivity index is 2.05. The number of hydrogen-bond acceptors (Lipinski definition) is 6. The number of nitro benzene ring substituents is 1. The maximum Gasteiger partial charge on any atom is 0.269 e. The van der Waals surface area contributed by atoms with Gasteiger partial charge in [0, 0.05) is 26.4 Å². The van der Waals surface area contributed by atoms with Crippen molar-refractivity contribution in [2.45, 2.75) is 0 Å². The molecule has 0 atom stereocenters. The Labute approximate surface area is 157 Å². The molecule has 0 unspecified atom stereocenters. The van der Waals surface area contributed by atoms with E-state index in [9.17, 15) is 10.1 Å². The number of rotatable bonds is 10. The fraction of sp³-hybridized carbons (Fsp3) is 0.200. The van der Waals surface area contributed by atoms with Crippen molar-refractivity contribution in [2.75, 3.05) is 27.8 Å². The topological polar surface area (TPSA) is 80.1 Å². The van der Waals surface area contributed by atoms with Gasteiger partial charge in [0.25, 0.3) is 5.69 Å². The Bertz CT molecular complexity index is 799. The third-order valence-corrected chi connectivity index (χ3v) is 3.42. The van der Waals surface area contributed by atoms with Crippen LogP contribution in [0.4, 0.5) is 5.69 Å². The van der Waals surface area contributed by atoms with Crippen molar-refractivity contribution in [1.29, 1.82) is 0 Å². The van der Waals surface area contributed by atoms with Gasteiger partial charge in [-0.2, -0.15) is 0 Å². The summed E-state index contributed by atoms with van der Waals surface area (Å²) in [5, 5.41) is 10.6. The third kappa shape index (κ3) is 6.58. The summed E-state index contributed by atoms with van der Waals surface area (Å²) in [4.78, 5) is 10.2. The molecule has 2 rings (SSSR count). The molecule has 0 spiro atoms. The van der Waals surface area contributed by atoms with E-state index in [-0.39, 0.29) is 19.3 Å². The molecular formula is C20H21NO6. The van der Waals surface area contributed by atoms with E-state index in [0.29, 0.717) is 11.5 Å². The summed E-state index contributed by atoms with van der Waals surface area (Å²) >= 11 is 0. The van der Waals surface area contributed by atoms with E-state index >= 15 is 0 Å². The van der Waals surface area contributed by atoms with Crippen LogP contribution >= 0.6 is 0 Å². The highest BCUT2D eigenvalue weighted by Crippen LogP contribution is 2.29. The first-order chi connectivity index (χ1) is 13.1. The summed E-state index contributed by atoms with van der Waals surface area (Å²) in [6, 6.07) is 11.9. The van der Waals surface area contributed by atoms with Crippen LogP contribution in [-0.4, -0.2) is 32.7 Å². The van der Waals surface area contributed by atoms with E-state index < -0.39 is 4.92 Å². The van der Waals surface area contributed by atoms with E-state index in [1.807, 2.05) is 36.4 Å². The van der Waals surface area contributed by atoms with Crippen LogP contribution in [0.1, 0.15) is 11.1 Å². The average Bonchev–Trinajstić information content (AvgIpc) is 2.69. The molecule has 7 nitrogen and oxygen atoms in total. The first-order valence-electron chi connectivity index (χ1n) is 8.10. The van der Waals surface area contributed by atoms with Crippen LogP contribution in [0.3, 0.4) is 0 Å². The SMILES string of the molecule is COCOc1ccc(/C=C/C=C/c2ccc([N+](=O)[O-])cc2)cc1OCOC. The van der Waals surface area contributed by atoms with Crippen LogP contribution in [0.2, 0.25) is 0 Å². The van der Waals surface area contributed by atoms with Crippen LogP contribution in [-0.2, 0) is 9.47 Å². The molecule has 0 fully saturated rings. The highest BCUT2D eigenvalue weighted by molar-refractivity contribution is 5.60. The fourth-order valence-electron chi connectivity index (χ4n) is 2.15. The zero-order valence-corrected chi connectivity index (χ0v) is 15.2. The van der Waals surface area contributed by atoms with Gasteiger partial charge in [-0.25, -0.2) is 0 Å². The van der Waals surface area contributed by atoms with Crippen LogP contribution in [0.25, 0.3) is 12.2 Å². The fourth-order valence-corrected chi connectivity index (χ4v) is 2.15. The largest absolute Gasteiger partial charge is 0.464 e. The van der Waals surface area contributed by atoms with Crippen molar-refractivity contribution in [2.24, 2.45) is 0 Å². The minimum absolute atomic E-state index is 0.0714. The first kappa shape index (κ1) is 20.2.